The maximum absolute atomic E-state index is 11.5. The van der Waals surface area contributed by atoms with Gasteiger partial charge in [-0.1, -0.05) is 41.4 Å². The van der Waals surface area contributed by atoms with Crippen LogP contribution in [0.2, 0.25) is 0 Å². The number of carbonyl (C=O) groups excluding carboxylic acids is 1. The fraction of sp³-hybridized carbons (Fsp3) is 0.462. The molecule has 17 heavy (non-hydrogen) atoms. The Kier molecular flexibility index (Phi) is 3.72. The second-order valence-corrected chi connectivity index (χ2v) is 5.56. The van der Waals surface area contributed by atoms with E-state index in [4.69, 9.17) is 0 Å². The van der Waals surface area contributed by atoms with Crippen molar-refractivity contribution < 1.29 is 4.79 Å². The lowest BCUT2D eigenvalue weighted by atomic mass is 10.0. The number of nitrogens with one attached hydrogen (secondary N) is 1. The van der Waals surface area contributed by atoms with Gasteiger partial charge in [-0.25, -0.2) is 4.79 Å². The summed E-state index contributed by atoms with van der Waals surface area (Å²) < 4.78 is 0. The second-order valence-electron chi connectivity index (χ2n) is 4.46. The molecule has 1 aromatic rings. The van der Waals surface area contributed by atoms with Crippen molar-refractivity contribution in [2.24, 2.45) is 0 Å². The fourth-order valence-corrected chi connectivity index (χ4v) is 2.76. The number of benzene rings is 1. The number of hydrogen-bond acceptors (Lipinski definition) is 1. The Morgan fingerprint density at radius 3 is 3.00 bits per heavy atom. The van der Waals surface area contributed by atoms with Gasteiger partial charge in [-0.3, -0.25) is 0 Å². The number of nitrogens with zero attached hydrogens (tertiary/aromatic N) is 1. The number of rotatable bonds is 3. The summed E-state index contributed by atoms with van der Waals surface area (Å²) in [5.74, 6) is 0. The van der Waals surface area contributed by atoms with Crippen LogP contribution in [-0.2, 0) is 6.54 Å². The third kappa shape index (κ3) is 2.63. The van der Waals surface area contributed by atoms with E-state index in [2.05, 4.69) is 40.3 Å². The van der Waals surface area contributed by atoms with Gasteiger partial charge in [0.25, 0.3) is 0 Å². The molecule has 1 N–H and O–H groups in total. The maximum Gasteiger partial charge on any atom is 0.321 e. The third-order valence-electron chi connectivity index (χ3n) is 3.03. The first-order chi connectivity index (χ1) is 8.11. The van der Waals surface area contributed by atoms with Crippen LogP contribution >= 0.6 is 15.9 Å². The summed E-state index contributed by atoms with van der Waals surface area (Å²) in [7, 11) is 1.81. The van der Waals surface area contributed by atoms with Crippen molar-refractivity contribution in [1.82, 2.24) is 4.90 Å². The van der Waals surface area contributed by atoms with Crippen LogP contribution in [0.15, 0.2) is 18.2 Å². The molecule has 0 spiro atoms. The van der Waals surface area contributed by atoms with Crippen LogP contribution in [0.5, 0.6) is 0 Å². The topological polar surface area (TPSA) is 32.3 Å². The minimum atomic E-state index is -0.0331. The molecule has 1 aliphatic rings. The standard InChI is InChI=1S/C13H17BrN2O/c1-3-4-11(14)9-5-6-12-10(7-9)8-16(2)13(17)15-12/h5-7,11H,3-4,8H2,1-2H3,(H,15,17). The van der Waals surface area contributed by atoms with Gasteiger partial charge < -0.3 is 10.2 Å². The zero-order valence-electron chi connectivity index (χ0n) is 10.2. The first-order valence-corrected chi connectivity index (χ1v) is 6.82. The molecule has 1 atom stereocenters. The number of carbonyl (C=O) groups is 1. The van der Waals surface area contributed by atoms with Crippen LogP contribution in [0.4, 0.5) is 10.5 Å². The van der Waals surface area contributed by atoms with E-state index in [1.54, 1.807) is 4.90 Å². The Labute approximate surface area is 110 Å². The minimum Gasteiger partial charge on any atom is -0.323 e. The summed E-state index contributed by atoms with van der Waals surface area (Å²) in [4.78, 5) is 13.6. The van der Waals surface area contributed by atoms with Crippen molar-refractivity contribution in [1.29, 1.82) is 0 Å². The second kappa shape index (κ2) is 5.08. The molecule has 1 heterocycles. The number of amides is 2. The van der Waals surface area contributed by atoms with Crippen molar-refractivity contribution in [2.45, 2.75) is 31.1 Å². The van der Waals surface area contributed by atoms with Crippen molar-refractivity contribution in [3.8, 4) is 0 Å². The van der Waals surface area contributed by atoms with Gasteiger partial charge in [0.2, 0.25) is 0 Å². The summed E-state index contributed by atoms with van der Waals surface area (Å²) in [5, 5.41) is 2.88. The molecule has 92 valence electrons. The van der Waals surface area contributed by atoms with Crippen LogP contribution in [0.25, 0.3) is 0 Å². The summed E-state index contributed by atoms with van der Waals surface area (Å²) in [6.07, 6.45) is 2.28. The Morgan fingerprint density at radius 1 is 1.53 bits per heavy atom. The lowest BCUT2D eigenvalue weighted by molar-refractivity contribution is 0.218. The van der Waals surface area contributed by atoms with E-state index < -0.39 is 0 Å². The van der Waals surface area contributed by atoms with Crippen LogP contribution < -0.4 is 5.32 Å². The lowest BCUT2D eigenvalue weighted by Gasteiger charge is -2.26. The van der Waals surface area contributed by atoms with E-state index in [1.807, 2.05) is 13.1 Å². The Morgan fingerprint density at radius 2 is 2.29 bits per heavy atom. The zero-order chi connectivity index (χ0) is 12.4. The molecular weight excluding hydrogens is 280 g/mol. The molecule has 2 amide bonds. The average Bonchev–Trinajstić information content (AvgIpc) is 2.30. The van der Waals surface area contributed by atoms with Gasteiger partial charge in [-0.2, -0.15) is 0 Å². The lowest BCUT2D eigenvalue weighted by Crippen LogP contribution is -2.35. The van der Waals surface area contributed by atoms with Crippen LogP contribution in [0.3, 0.4) is 0 Å². The maximum atomic E-state index is 11.5. The minimum absolute atomic E-state index is 0.0331. The monoisotopic (exact) mass is 296 g/mol. The number of hydrogen-bond donors (Lipinski definition) is 1. The summed E-state index contributed by atoms with van der Waals surface area (Å²) >= 11 is 3.70. The molecule has 0 aliphatic carbocycles. The highest BCUT2D eigenvalue weighted by molar-refractivity contribution is 9.09. The summed E-state index contributed by atoms with van der Waals surface area (Å²) in [6.45, 7) is 2.86. The number of anilines is 1. The molecule has 2 rings (SSSR count). The van der Waals surface area contributed by atoms with Crippen molar-refractivity contribution in [3.05, 3.63) is 29.3 Å². The van der Waals surface area contributed by atoms with Crippen LogP contribution in [0.1, 0.15) is 35.7 Å². The molecule has 1 aromatic carbocycles. The van der Waals surface area contributed by atoms with Crippen LogP contribution in [-0.4, -0.2) is 18.0 Å². The molecule has 0 saturated carbocycles. The van der Waals surface area contributed by atoms with Crippen molar-refractivity contribution in [3.63, 3.8) is 0 Å². The molecule has 4 heteroatoms. The van der Waals surface area contributed by atoms with Gasteiger partial charge >= 0.3 is 6.03 Å². The number of alkyl halides is 1. The van der Waals surface area contributed by atoms with E-state index >= 15 is 0 Å². The van der Waals surface area contributed by atoms with Crippen LogP contribution in [0, 0.1) is 0 Å². The van der Waals surface area contributed by atoms with Gasteiger partial charge in [0.15, 0.2) is 0 Å². The molecule has 3 nitrogen and oxygen atoms in total. The number of fused-ring (bicyclic) bond motifs is 1. The van der Waals surface area contributed by atoms with E-state index in [9.17, 15) is 4.79 Å². The van der Waals surface area contributed by atoms with E-state index in [0.29, 0.717) is 11.4 Å². The molecule has 1 aliphatic heterocycles. The first-order valence-electron chi connectivity index (χ1n) is 5.91. The van der Waals surface area contributed by atoms with Crippen molar-refractivity contribution >= 4 is 27.6 Å². The molecule has 0 aromatic heterocycles. The average molecular weight is 297 g/mol. The van der Waals surface area contributed by atoms with E-state index in [0.717, 1.165) is 18.5 Å². The highest BCUT2D eigenvalue weighted by atomic mass is 79.9. The predicted molar refractivity (Wildman–Crippen MR) is 73.5 cm³/mol. The quantitative estimate of drug-likeness (QED) is 0.843. The molecule has 0 saturated heterocycles. The Hall–Kier alpha value is -1.03. The highest BCUT2D eigenvalue weighted by Gasteiger charge is 2.20. The highest BCUT2D eigenvalue weighted by Crippen LogP contribution is 2.32. The zero-order valence-corrected chi connectivity index (χ0v) is 11.8. The van der Waals surface area contributed by atoms with Gasteiger partial charge in [0.1, 0.15) is 0 Å². The van der Waals surface area contributed by atoms with E-state index in [-0.39, 0.29) is 6.03 Å². The third-order valence-corrected chi connectivity index (χ3v) is 4.02. The SMILES string of the molecule is CCCC(Br)c1ccc2c(c1)CN(C)C(=O)N2. The molecular formula is C13H17BrN2O. The first kappa shape index (κ1) is 12.4. The van der Waals surface area contributed by atoms with Gasteiger partial charge in [0.05, 0.1) is 0 Å². The number of urea groups is 1. The van der Waals surface area contributed by atoms with Crippen molar-refractivity contribution in [2.75, 3.05) is 12.4 Å². The molecule has 0 radical (unpaired) electrons. The normalized spacial score (nSPS) is 16.4. The Balaban J connectivity index is 2.25. The fourth-order valence-electron chi connectivity index (χ4n) is 2.02. The van der Waals surface area contributed by atoms with Gasteiger partial charge in [-0.05, 0) is 23.6 Å². The molecule has 0 bridgehead atoms. The van der Waals surface area contributed by atoms with E-state index in [1.165, 1.54) is 11.1 Å². The molecule has 0 fully saturated rings. The van der Waals surface area contributed by atoms with Gasteiger partial charge in [-0.15, -0.1) is 0 Å². The predicted octanol–water partition coefficient (Wildman–Crippen LogP) is 3.90. The largest absolute Gasteiger partial charge is 0.323 e. The smallest absolute Gasteiger partial charge is 0.321 e. The Bertz CT molecular complexity index is 433. The molecule has 1 unspecified atom stereocenters. The summed E-state index contributed by atoms with van der Waals surface area (Å²) in [6, 6.07) is 6.23. The number of halogens is 1. The van der Waals surface area contributed by atoms with Gasteiger partial charge in [0, 0.05) is 24.1 Å². The summed E-state index contributed by atoms with van der Waals surface area (Å²) in [5.41, 5.74) is 3.41.